The standard InChI is InChI=1S/C15H14Cl2N2O2S/c1-8(21-12-6-5-9(16)7-10(12)17)14(20)19-15-18-11-3-2-4-13(11)22-15/h5-8H,2-4H2,1H3,(H,18,19,20)/t8-/m0/s1. The lowest BCUT2D eigenvalue weighted by Gasteiger charge is -2.14. The zero-order chi connectivity index (χ0) is 15.7. The van der Waals surface area contributed by atoms with Crippen LogP contribution in [0, 0.1) is 0 Å². The number of hydrogen-bond donors (Lipinski definition) is 1. The molecule has 4 nitrogen and oxygen atoms in total. The minimum atomic E-state index is -0.683. The number of hydrogen-bond acceptors (Lipinski definition) is 4. The van der Waals surface area contributed by atoms with E-state index in [0.29, 0.717) is 20.9 Å². The lowest BCUT2D eigenvalue weighted by atomic mass is 10.3. The number of ether oxygens (including phenoxy) is 1. The molecule has 0 radical (unpaired) electrons. The van der Waals surface area contributed by atoms with E-state index >= 15 is 0 Å². The molecule has 0 saturated heterocycles. The molecule has 1 aromatic carbocycles. The largest absolute Gasteiger partial charge is 0.479 e. The summed E-state index contributed by atoms with van der Waals surface area (Å²) in [6.07, 6.45) is 2.51. The SMILES string of the molecule is C[C@H](Oc1ccc(Cl)cc1Cl)C(=O)Nc1nc2c(s1)CCC2. The number of carbonyl (C=O) groups is 1. The molecule has 3 rings (SSSR count). The van der Waals surface area contributed by atoms with Gasteiger partial charge in [-0.3, -0.25) is 10.1 Å². The molecule has 1 aliphatic carbocycles. The summed E-state index contributed by atoms with van der Waals surface area (Å²) >= 11 is 13.4. The molecule has 0 spiro atoms. The summed E-state index contributed by atoms with van der Waals surface area (Å²) < 4.78 is 5.59. The van der Waals surface area contributed by atoms with Crippen LogP contribution in [0.2, 0.25) is 10.0 Å². The number of thiazole rings is 1. The Balaban J connectivity index is 1.63. The van der Waals surface area contributed by atoms with Crippen molar-refractivity contribution in [2.45, 2.75) is 32.3 Å². The van der Waals surface area contributed by atoms with E-state index in [9.17, 15) is 4.79 Å². The van der Waals surface area contributed by atoms with E-state index in [0.717, 1.165) is 25.0 Å². The average molecular weight is 357 g/mol. The van der Waals surface area contributed by atoms with Crippen LogP contribution < -0.4 is 10.1 Å². The highest BCUT2D eigenvalue weighted by Crippen LogP contribution is 2.31. The molecule has 0 saturated carbocycles. The number of rotatable bonds is 4. The summed E-state index contributed by atoms with van der Waals surface area (Å²) in [5.41, 5.74) is 1.11. The van der Waals surface area contributed by atoms with Crippen molar-refractivity contribution in [2.75, 3.05) is 5.32 Å². The summed E-state index contributed by atoms with van der Waals surface area (Å²) in [7, 11) is 0. The Kier molecular flexibility index (Phi) is 4.57. The second kappa shape index (κ2) is 6.44. The second-order valence-corrected chi connectivity index (χ2v) is 6.99. The summed E-state index contributed by atoms with van der Waals surface area (Å²) in [6, 6.07) is 4.89. The molecule has 7 heteroatoms. The van der Waals surface area contributed by atoms with Crippen LogP contribution in [0.1, 0.15) is 23.9 Å². The molecule has 1 aromatic heterocycles. The molecule has 0 aliphatic heterocycles. The van der Waals surface area contributed by atoms with E-state index in [4.69, 9.17) is 27.9 Å². The lowest BCUT2D eigenvalue weighted by molar-refractivity contribution is -0.122. The zero-order valence-electron chi connectivity index (χ0n) is 11.9. The van der Waals surface area contributed by atoms with Gasteiger partial charge in [0.05, 0.1) is 10.7 Å². The van der Waals surface area contributed by atoms with Gasteiger partial charge in [-0.2, -0.15) is 0 Å². The fourth-order valence-electron chi connectivity index (χ4n) is 2.27. The highest BCUT2D eigenvalue weighted by molar-refractivity contribution is 7.15. The number of carbonyl (C=O) groups excluding carboxylic acids is 1. The van der Waals surface area contributed by atoms with Gasteiger partial charge in [0.2, 0.25) is 0 Å². The normalized spacial score (nSPS) is 14.5. The first-order valence-corrected chi connectivity index (χ1v) is 8.51. The number of nitrogens with zero attached hydrogens (tertiary/aromatic N) is 1. The van der Waals surface area contributed by atoms with Crippen LogP contribution in [0.15, 0.2) is 18.2 Å². The van der Waals surface area contributed by atoms with Gasteiger partial charge >= 0.3 is 0 Å². The maximum absolute atomic E-state index is 12.2. The van der Waals surface area contributed by atoms with E-state index in [1.54, 1.807) is 25.1 Å². The highest BCUT2D eigenvalue weighted by Gasteiger charge is 2.21. The topological polar surface area (TPSA) is 51.2 Å². The van der Waals surface area contributed by atoms with Crippen LogP contribution in [-0.2, 0) is 17.6 Å². The Bertz CT molecular complexity index is 696. The van der Waals surface area contributed by atoms with Gasteiger partial charge in [-0.25, -0.2) is 4.98 Å². The molecular formula is C15H14Cl2N2O2S. The number of anilines is 1. The number of fused-ring (bicyclic) bond motifs is 1. The van der Waals surface area contributed by atoms with Gasteiger partial charge in [0.1, 0.15) is 5.75 Å². The Morgan fingerprint density at radius 2 is 2.23 bits per heavy atom. The first kappa shape index (κ1) is 15.6. The molecule has 1 amide bonds. The number of benzene rings is 1. The Morgan fingerprint density at radius 1 is 1.41 bits per heavy atom. The Morgan fingerprint density at radius 3 is 2.95 bits per heavy atom. The van der Waals surface area contributed by atoms with Crippen molar-refractivity contribution in [2.24, 2.45) is 0 Å². The van der Waals surface area contributed by atoms with Gasteiger partial charge in [-0.05, 0) is 44.4 Å². The maximum atomic E-state index is 12.2. The van der Waals surface area contributed by atoms with Crippen LogP contribution in [-0.4, -0.2) is 17.0 Å². The molecule has 22 heavy (non-hydrogen) atoms. The Hall–Kier alpha value is -1.30. The molecule has 1 atom stereocenters. The first-order chi connectivity index (χ1) is 10.5. The van der Waals surface area contributed by atoms with Crippen molar-refractivity contribution >= 4 is 45.6 Å². The van der Waals surface area contributed by atoms with Crippen LogP contribution in [0.25, 0.3) is 0 Å². The summed E-state index contributed by atoms with van der Waals surface area (Å²) in [5, 5.41) is 4.32. The molecular weight excluding hydrogens is 343 g/mol. The Labute approximate surface area is 142 Å². The van der Waals surface area contributed by atoms with E-state index in [1.807, 2.05) is 0 Å². The van der Waals surface area contributed by atoms with Gasteiger partial charge in [0.15, 0.2) is 11.2 Å². The molecule has 0 unspecified atom stereocenters. The molecule has 1 heterocycles. The van der Waals surface area contributed by atoms with Gasteiger partial charge in [-0.15, -0.1) is 11.3 Å². The summed E-state index contributed by atoms with van der Waals surface area (Å²) in [4.78, 5) is 17.9. The third-order valence-corrected chi connectivity index (χ3v) is 5.00. The minimum Gasteiger partial charge on any atom is -0.479 e. The van der Waals surface area contributed by atoms with Crippen LogP contribution >= 0.6 is 34.5 Å². The smallest absolute Gasteiger partial charge is 0.266 e. The fraction of sp³-hybridized carbons (Fsp3) is 0.333. The van der Waals surface area contributed by atoms with Crippen LogP contribution in [0.3, 0.4) is 0 Å². The number of aromatic nitrogens is 1. The van der Waals surface area contributed by atoms with Gasteiger partial charge in [0, 0.05) is 9.90 Å². The van der Waals surface area contributed by atoms with Gasteiger partial charge < -0.3 is 4.74 Å². The average Bonchev–Trinajstić information content (AvgIpc) is 3.02. The van der Waals surface area contributed by atoms with Crippen LogP contribution in [0.5, 0.6) is 5.75 Å². The van der Waals surface area contributed by atoms with Gasteiger partial charge in [-0.1, -0.05) is 23.2 Å². The van der Waals surface area contributed by atoms with Crippen molar-refractivity contribution in [1.82, 2.24) is 4.98 Å². The molecule has 1 N–H and O–H groups in total. The summed E-state index contributed by atoms with van der Waals surface area (Å²) in [6.45, 7) is 1.67. The van der Waals surface area contributed by atoms with E-state index < -0.39 is 6.10 Å². The third kappa shape index (κ3) is 3.37. The van der Waals surface area contributed by atoms with Crippen molar-refractivity contribution < 1.29 is 9.53 Å². The van der Waals surface area contributed by atoms with Crippen molar-refractivity contribution in [3.8, 4) is 5.75 Å². The van der Waals surface area contributed by atoms with Crippen LogP contribution in [0.4, 0.5) is 5.13 Å². The highest BCUT2D eigenvalue weighted by atomic mass is 35.5. The number of amides is 1. The fourth-order valence-corrected chi connectivity index (χ4v) is 3.77. The third-order valence-electron chi connectivity index (χ3n) is 3.39. The molecule has 2 aromatic rings. The molecule has 116 valence electrons. The van der Waals surface area contributed by atoms with E-state index in [1.165, 1.54) is 16.2 Å². The number of aryl methyl sites for hydroxylation is 2. The van der Waals surface area contributed by atoms with Crippen molar-refractivity contribution in [3.63, 3.8) is 0 Å². The predicted molar refractivity (Wildman–Crippen MR) is 89.3 cm³/mol. The number of nitrogens with one attached hydrogen (secondary N) is 1. The molecule has 1 aliphatic rings. The van der Waals surface area contributed by atoms with Gasteiger partial charge in [0.25, 0.3) is 5.91 Å². The number of halogens is 2. The van der Waals surface area contributed by atoms with Crippen molar-refractivity contribution in [3.05, 3.63) is 38.8 Å². The summed E-state index contributed by atoms with van der Waals surface area (Å²) in [5.74, 6) is 0.175. The van der Waals surface area contributed by atoms with E-state index in [2.05, 4.69) is 10.3 Å². The van der Waals surface area contributed by atoms with E-state index in [-0.39, 0.29) is 5.91 Å². The minimum absolute atomic E-state index is 0.251. The maximum Gasteiger partial charge on any atom is 0.266 e. The molecule has 0 bridgehead atoms. The second-order valence-electron chi connectivity index (χ2n) is 5.07. The quantitative estimate of drug-likeness (QED) is 0.885. The first-order valence-electron chi connectivity index (χ1n) is 6.94. The van der Waals surface area contributed by atoms with Crippen molar-refractivity contribution in [1.29, 1.82) is 0 Å². The lowest BCUT2D eigenvalue weighted by Crippen LogP contribution is -2.30. The predicted octanol–water partition coefficient (Wildman–Crippen LogP) is 4.34. The monoisotopic (exact) mass is 356 g/mol. The molecule has 0 fully saturated rings. The zero-order valence-corrected chi connectivity index (χ0v) is 14.2.